The molecule has 2 heterocycles. The van der Waals surface area contributed by atoms with Crippen molar-refractivity contribution < 1.29 is 4.79 Å². The highest BCUT2D eigenvalue weighted by atomic mass is 16.2. The van der Waals surface area contributed by atoms with Gasteiger partial charge in [0.05, 0.1) is 24.1 Å². The average Bonchev–Trinajstić information content (AvgIpc) is 2.81. The lowest BCUT2D eigenvalue weighted by molar-refractivity contribution is 0.0745. The maximum atomic E-state index is 12.3. The number of pyridine rings is 1. The second-order valence-electron chi connectivity index (χ2n) is 4.29. The van der Waals surface area contributed by atoms with Crippen LogP contribution in [0.3, 0.4) is 0 Å². The lowest BCUT2D eigenvalue weighted by atomic mass is 10.2. The van der Waals surface area contributed by atoms with Gasteiger partial charge in [0.25, 0.3) is 5.91 Å². The maximum absolute atomic E-state index is 12.3. The van der Waals surface area contributed by atoms with E-state index in [4.69, 9.17) is 5.73 Å². The number of aromatic nitrogens is 3. The van der Waals surface area contributed by atoms with Crippen LogP contribution in [0.15, 0.2) is 24.4 Å². The van der Waals surface area contributed by atoms with Crippen molar-refractivity contribution in [3.05, 3.63) is 41.5 Å². The first-order chi connectivity index (χ1) is 9.11. The number of rotatable bonds is 4. The second-order valence-corrected chi connectivity index (χ2v) is 4.29. The molecule has 0 aliphatic rings. The number of nitrogen functional groups attached to an aromatic ring is 1. The van der Waals surface area contributed by atoms with Gasteiger partial charge in [-0.3, -0.25) is 14.9 Å². The van der Waals surface area contributed by atoms with Crippen LogP contribution in [0.5, 0.6) is 0 Å². The molecule has 100 valence electrons. The zero-order chi connectivity index (χ0) is 13.8. The summed E-state index contributed by atoms with van der Waals surface area (Å²) in [6.07, 6.45) is 1.44. The molecule has 0 saturated carbocycles. The van der Waals surface area contributed by atoms with Crippen LogP contribution < -0.4 is 5.73 Å². The summed E-state index contributed by atoms with van der Waals surface area (Å²) in [5.74, 6) is -0.166. The van der Waals surface area contributed by atoms with Crippen LogP contribution in [-0.2, 0) is 6.54 Å². The standard InChI is InChI=1S/C13H17N5O/c1-3-18(8-10-6-4-5-9(2)16-10)13(19)12-11(14)7-15-17-12/h4-7H,3,8,14H2,1-2H3,(H,15,17). The monoisotopic (exact) mass is 259 g/mol. The van der Waals surface area contributed by atoms with Gasteiger partial charge in [0.15, 0.2) is 0 Å². The Morgan fingerprint density at radius 2 is 2.26 bits per heavy atom. The Morgan fingerprint density at radius 1 is 1.47 bits per heavy atom. The molecule has 0 aliphatic carbocycles. The van der Waals surface area contributed by atoms with Gasteiger partial charge in [-0.25, -0.2) is 0 Å². The summed E-state index contributed by atoms with van der Waals surface area (Å²) in [7, 11) is 0. The van der Waals surface area contributed by atoms with Crippen molar-refractivity contribution in [1.29, 1.82) is 0 Å². The number of hydrogen-bond donors (Lipinski definition) is 2. The Balaban J connectivity index is 2.17. The molecule has 2 aromatic heterocycles. The number of aromatic amines is 1. The van der Waals surface area contributed by atoms with Gasteiger partial charge in [-0.1, -0.05) is 6.07 Å². The smallest absolute Gasteiger partial charge is 0.274 e. The summed E-state index contributed by atoms with van der Waals surface area (Å²) in [5.41, 5.74) is 8.17. The first-order valence-electron chi connectivity index (χ1n) is 6.12. The van der Waals surface area contributed by atoms with Crippen LogP contribution in [0.1, 0.15) is 28.8 Å². The molecule has 2 aromatic rings. The number of aryl methyl sites for hydroxylation is 1. The third kappa shape index (κ3) is 2.90. The third-order valence-electron chi connectivity index (χ3n) is 2.85. The number of carbonyl (C=O) groups is 1. The average molecular weight is 259 g/mol. The Morgan fingerprint density at radius 3 is 2.84 bits per heavy atom. The molecule has 2 rings (SSSR count). The topological polar surface area (TPSA) is 87.9 Å². The van der Waals surface area contributed by atoms with Gasteiger partial charge in [-0.2, -0.15) is 5.10 Å². The lowest BCUT2D eigenvalue weighted by Crippen LogP contribution is -2.31. The minimum Gasteiger partial charge on any atom is -0.396 e. The molecule has 0 unspecified atom stereocenters. The van der Waals surface area contributed by atoms with Crippen LogP contribution in [0.4, 0.5) is 5.69 Å². The van der Waals surface area contributed by atoms with E-state index in [0.29, 0.717) is 24.5 Å². The highest BCUT2D eigenvalue weighted by Gasteiger charge is 2.19. The van der Waals surface area contributed by atoms with Crippen molar-refractivity contribution >= 4 is 11.6 Å². The van der Waals surface area contributed by atoms with Crippen LogP contribution in [0, 0.1) is 6.92 Å². The minimum atomic E-state index is -0.166. The van der Waals surface area contributed by atoms with Gasteiger partial charge < -0.3 is 10.6 Å². The Kier molecular flexibility index (Phi) is 3.79. The van der Waals surface area contributed by atoms with Crippen molar-refractivity contribution in [1.82, 2.24) is 20.1 Å². The van der Waals surface area contributed by atoms with Gasteiger partial charge in [0, 0.05) is 12.2 Å². The van der Waals surface area contributed by atoms with E-state index in [2.05, 4.69) is 15.2 Å². The number of nitrogens with two attached hydrogens (primary N) is 1. The summed E-state index contributed by atoms with van der Waals surface area (Å²) < 4.78 is 0. The zero-order valence-electron chi connectivity index (χ0n) is 11.1. The molecule has 0 radical (unpaired) electrons. The van der Waals surface area contributed by atoms with Gasteiger partial charge in [-0.15, -0.1) is 0 Å². The van der Waals surface area contributed by atoms with Crippen molar-refractivity contribution in [2.75, 3.05) is 12.3 Å². The summed E-state index contributed by atoms with van der Waals surface area (Å²) in [4.78, 5) is 18.4. The normalized spacial score (nSPS) is 10.4. The number of nitrogens with zero attached hydrogens (tertiary/aromatic N) is 3. The largest absolute Gasteiger partial charge is 0.396 e. The number of anilines is 1. The molecule has 6 heteroatoms. The first kappa shape index (κ1) is 13.1. The molecule has 0 aromatic carbocycles. The molecule has 0 fully saturated rings. The summed E-state index contributed by atoms with van der Waals surface area (Å²) in [6, 6.07) is 5.76. The van der Waals surface area contributed by atoms with E-state index < -0.39 is 0 Å². The van der Waals surface area contributed by atoms with Crippen LogP contribution in [0.25, 0.3) is 0 Å². The van der Waals surface area contributed by atoms with Gasteiger partial charge >= 0.3 is 0 Å². The fourth-order valence-corrected chi connectivity index (χ4v) is 1.84. The maximum Gasteiger partial charge on any atom is 0.274 e. The third-order valence-corrected chi connectivity index (χ3v) is 2.85. The minimum absolute atomic E-state index is 0.166. The predicted molar refractivity (Wildman–Crippen MR) is 72.4 cm³/mol. The molecule has 0 atom stereocenters. The zero-order valence-corrected chi connectivity index (χ0v) is 11.1. The second kappa shape index (κ2) is 5.51. The molecule has 3 N–H and O–H groups in total. The molecule has 0 spiro atoms. The Labute approximate surface area is 111 Å². The molecular weight excluding hydrogens is 242 g/mol. The number of H-pyrrole nitrogens is 1. The van der Waals surface area contributed by atoms with Crippen LogP contribution in [0.2, 0.25) is 0 Å². The summed E-state index contributed by atoms with van der Waals surface area (Å²) in [6.45, 7) is 4.87. The molecule has 0 saturated heterocycles. The van der Waals surface area contributed by atoms with E-state index in [1.165, 1.54) is 6.20 Å². The van der Waals surface area contributed by atoms with Crippen LogP contribution >= 0.6 is 0 Å². The Bertz CT molecular complexity index is 578. The van der Waals surface area contributed by atoms with Gasteiger partial charge in [0.1, 0.15) is 5.69 Å². The SMILES string of the molecule is CCN(Cc1cccc(C)n1)C(=O)c1[nH]ncc1N. The molecular formula is C13H17N5O. The van der Waals surface area contributed by atoms with E-state index in [-0.39, 0.29) is 5.91 Å². The lowest BCUT2D eigenvalue weighted by Gasteiger charge is -2.20. The van der Waals surface area contributed by atoms with Crippen molar-refractivity contribution in [3.63, 3.8) is 0 Å². The fraction of sp³-hybridized carbons (Fsp3) is 0.308. The van der Waals surface area contributed by atoms with Gasteiger partial charge in [-0.05, 0) is 26.0 Å². The fourth-order valence-electron chi connectivity index (χ4n) is 1.84. The Hall–Kier alpha value is -2.37. The van der Waals surface area contributed by atoms with Gasteiger partial charge in [0.2, 0.25) is 0 Å². The molecule has 6 nitrogen and oxygen atoms in total. The van der Waals surface area contributed by atoms with E-state index >= 15 is 0 Å². The predicted octanol–water partition coefficient (Wildman–Crippen LogP) is 1.36. The number of hydrogen-bond acceptors (Lipinski definition) is 4. The molecule has 1 amide bonds. The van der Waals surface area contributed by atoms with E-state index in [0.717, 1.165) is 11.4 Å². The van der Waals surface area contributed by atoms with Crippen molar-refractivity contribution in [2.24, 2.45) is 0 Å². The number of amides is 1. The van der Waals surface area contributed by atoms with E-state index in [1.807, 2.05) is 32.0 Å². The highest BCUT2D eigenvalue weighted by Crippen LogP contribution is 2.12. The van der Waals surface area contributed by atoms with E-state index in [9.17, 15) is 4.79 Å². The number of carbonyl (C=O) groups excluding carboxylic acids is 1. The summed E-state index contributed by atoms with van der Waals surface area (Å²) >= 11 is 0. The molecule has 0 bridgehead atoms. The van der Waals surface area contributed by atoms with Crippen molar-refractivity contribution in [3.8, 4) is 0 Å². The van der Waals surface area contributed by atoms with Crippen molar-refractivity contribution in [2.45, 2.75) is 20.4 Å². The number of nitrogens with one attached hydrogen (secondary N) is 1. The summed E-state index contributed by atoms with van der Waals surface area (Å²) in [5, 5.41) is 6.40. The quantitative estimate of drug-likeness (QED) is 0.867. The van der Waals surface area contributed by atoms with Crippen LogP contribution in [-0.4, -0.2) is 32.5 Å². The van der Waals surface area contributed by atoms with E-state index in [1.54, 1.807) is 4.90 Å². The molecule has 19 heavy (non-hydrogen) atoms. The first-order valence-corrected chi connectivity index (χ1v) is 6.12. The molecule has 0 aliphatic heterocycles. The highest BCUT2D eigenvalue weighted by molar-refractivity contribution is 5.96.